The Hall–Kier alpha value is 0.174. The van der Waals surface area contributed by atoms with Gasteiger partial charge in [0.25, 0.3) is 0 Å². The Labute approximate surface area is 61.6 Å². The van der Waals surface area contributed by atoms with Gasteiger partial charge < -0.3 is 0 Å². The first-order valence-electron chi connectivity index (χ1n) is 3.61. The molecule has 0 unspecified atom stereocenters. The van der Waals surface area contributed by atoms with Gasteiger partial charge in [-0.2, -0.15) is 0 Å². The van der Waals surface area contributed by atoms with Gasteiger partial charge in [0.05, 0.1) is 16.9 Å². The van der Waals surface area contributed by atoms with Crippen LogP contribution in [0.5, 0.6) is 0 Å². The second-order valence-corrected chi connectivity index (χ2v) is 11.9. The molecule has 0 N–H and O–H groups in total. The van der Waals surface area contributed by atoms with Crippen LogP contribution in [0.4, 0.5) is 0 Å². The number of hydrogen-bond acceptors (Lipinski definition) is 0. The van der Waals surface area contributed by atoms with Crippen molar-refractivity contribution in [2.24, 2.45) is 0 Å². The van der Waals surface area contributed by atoms with Gasteiger partial charge in [-0.1, -0.05) is 32.7 Å². The smallest absolute Gasteiger partial charge is 0.0677 e. The molecular weight excluding hydrogens is 140 g/mol. The first kappa shape index (κ1) is 9.17. The average molecular weight is 158 g/mol. The molecule has 0 atom stereocenters. The molecule has 0 aliphatic heterocycles. The van der Waals surface area contributed by atoms with E-state index < -0.39 is 16.9 Å². The summed E-state index contributed by atoms with van der Waals surface area (Å²) in [5.41, 5.74) is 4.91. The largest absolute Gasteiger partial charge is 0.106 e. The Morgan fingerprint density at radius 3 is 1.67 bits per heavy atom. The van der Waals surface area contributed by atoms with Crippen molar-refractivity contribution in [3.63, 3.8) is 0 Å². The average Bonchev–Trinajstić information content (AvgIpc) is 1.59. The fraction of sp³-hybridized carbons (Fsp3) is 0.714. The van der Waals surface area contributed by atoms with Gasteiger partial charge in [-0.15, -0.1) is 11.4 Å². The van der Waals surface area contributed by atoms with Crippen molar-refractivity contribution in [2.75, 3.05) is 0 Å². The van der Waals surface area contributed by atoms with Gasteiger partial charge in [-0.3, -0.25) is 0 Å². The van der Waals surface area contributed by atoms with Gasteiger partial charge in [0.1, 0.15) is 0 Å². The van der Waals surface area contributed by atoms with E-state index in [1.165, 1.54) is 0 Å². The minimum Gasteiger partial charge on any atom is -0.106 e. The molecule has 0 aliphatic carbocycles. The summed E-state index contributed by atoms with van der Waals surface area (Å²) in [6.07, 6.45) is 0. The molecule has 0 spiro atoms. The number of hydrogen-bond donors (Lipinski definition) is 0. The van der Waals surface area contributed by atoms with Crippen LogP contribution in [-0.4, -0.2) is 16.9 Å². The first-order valence-corrected chi connectivity index (χ1v) is 10.2. The van der Waals surface area contributed by atoms with E-state index in [9.17, 15) is 0 Å². The zero-order valence-corrected chi connectivity index (χ0v) is 9.39. The van der Waals surface area contributed by atoms with Gasteiger partial charge in [0.2, 0.25) is 0 Å². The Morgan fingerprint density at radius 2 is 1.56 bits per heavy atom. The second-order valence-electron chi connectivity index (χ2n) is 3.97. The van der Waals surface area contributed by atoms with Crippen LogP contribution in [0.25, 0.3) is 0 Å². The maximum absolute atomic E-state index is 2.46. The van der Waals surface area contributed by atoms with Crippen molar-refractivity contribution in [1.29, 1.82) is 0 Å². The van der Waals surface area contributed by atoms with E-state index in [-0.39, 0.29) is 0 Å². The molecule has 0 saturated heterocycles. The molecule has 0 amide bonds. The first-order chi connectivity index (χ1) is 3.92. The van der Waals surface area contributed by atoms with Crippen LogP contribution in [0.15, 0.2) is 11.4 Å². The molecule has 0 aliphatic rings. The zero-order chi connectivity index (χ0) is 7.49. The third kappa shape index (κ3) is 8.17. The Kier molecular flexibility index (Phi) is 3.43. The predicted molar refractivity (Wildman–Crippen MR) is 51.4 cm³/mol. The zero-order valence-electron chi connectivity index (χ0n) is 7.23. The molecule has 0 fully saturated rings. The lowest BCUT2D eigenvalue weighted by Crippen LogP contribution is -2.16. The molecular formula is C7H18Si2. The van der Waals surface area contributed by atoms with Gasteiger partial charge in [0, 0.05) is 0 Å². The van der Waals surface area contributed by atoms with Crippen molar-refractivity contribution in [3.8, 4) is 0 Å². The van der Waals surface area contributed by atoms with Crippen LogP contribution >= 0.6 is 0 Å². The molecule has 0 aromatic carbocycles. The molecule has 0 aromatic heterocycles. The van der Waals surface area contributed by atoms with Crippen LogP contribution in [0.2, 0.25) is 32.7 Å². The van der Waals surface area contributed by atoms with Gasteiger partial charge in [0.15, 0.2) is 0 Å². The maximum Gasteiger partial charge on any atom is 0.0677 e. The van der Waals surface area contributed by atoms with Crippen molar-refractivity contribution >= 4 is 16.9 Å². The topological polar surface area (TPSA) is 0 Å². The molecule has 0 radical (unpaired) electrons. The van der Waals surface area contributed by atoms with E-state index in [4.69, 9.17) is 0 Å². The summed E-state index contributed by atoms with van der Waals surface area (Å²) in [5.74, 6) is 0. The molecule has 0 saturated carbocycles. The summed E-state index contributed by atoms with van der Waals surface area (Å²) < 4.78 is 0. The normalized spacial score (nSPS) is 13.6. The third-order valence-electron chi connectivity index (χ3n) is 0.981. The highest BCUT2D eigenvalue weighted by Crippen LogP contribution is 2.01. The van der Waals surface area contributed by atoms with E-state index in [2.05, 4.69) is 44.1 Å². The van der Waals surface area contributed by atoms with Crippen LogP contribution < -0.4 is 0 Å². The van der Waals surface area contributed by atoms with Gasteiger partial charge in [-0.05, 0) is 0 Å². The van der Waals surface area contributed by atoms with Crippen LogP contribution in [0.1, 0.15) is 0 Å². The molecule has 54 valence electrons. The number of rotatable bonds is 2. The SMILES string of the molecule is C[SiH](C)/C=C/[Si](C)(C)C. The summed E-state index contributed by atoms with van der Waals surface area (Å²) in [4.78, 5) is 0. The van der Waals surface area contributed by atoms with Crippen molar-refractivity contribution in [3.05, 3.63) is 11.4 Å². The van der Waals surface area contributed by atoms with Crippen molar-refractivity contribution < 1.29 is 0 Å². The lowest BCUT2D eigenvalue weighted by molar-refractivity contribution is 1.77. The summed E-state index contributed by atoms with van der Waals surface area (Å²) in [6, 6.07) is 0. The van der Waals surface area contributed by atoms with E-state index >= 15 is 0 Å². The van der Waals surface area contributed by atoms with Gasteiger partial charge in [-0.25, -0.2) is 0 Å². The van der Waals surface area contributed by atoms with E-state index in [1.54, 1.807) is 0 Å². The highest BCUT2D eigenvalue weighted by atomic mass is 28.3. The minimum atomic E-state index is -0.866. The van der Waals surface area contributed by atoms with Crippen LogP contribution in [0.3, 0.4) is 0 Å². The lowest BCUT2D eigenvalue weighted by atomic mass is 11.2. The molecule has 2 heteroatoms. The molecule has 9 heavy (non-hydrogen) atoms. The van der Waals surface area contributed by atoms with E-state index in [1.807, 2.05) is 0 Å². The molecule has 0 rings (SSSR count). The van der Waals surface area contributed by atoms with Crippen LogP contribution in [-0.2, 0) is 0 Å². The standard InChI is InChI=1S/C7H18Si2/c1-8(2)6-7-9(3,4)5/h6-8H,1-5H3/b7-6+. The quantitative estimate of drug-likeness (QED) is 0.542. The van der Waals surface area contributed by atoms with Crippen molar-refractivity contribution in [1.82, 2.24) is 0 Å². The Morgan fingerprint density at radius 1 is 1.11 bits per heavy atom. The molecule has 0 aromatic rings. The Balaban J connectivity index is 3.71. The van der Waals surface area contributed by atoms with Gasteiger partial charge >= 0.3 is 0 Å². The summed E-state index contributed by atoms with van der Waals surface area (Å²) in [7, 11) is -1.28. The second kappa shape index (κ2) is 3.37. The highest BCUT2D eigenvalue weighted by Gasteiger charge is 2.06. The fourth-order valence-electron chi connectivity index (χ4n) is 0.481. The van der Waals surface area contributed by atoms with E-state index in [0.29, 0.717) is 0 Å². The summed E-state index contributed by atoms with van der Waals surface area (Å²) in [5, 5.41) is 0. The summed E-state index contributed by atoms with van der Waals surface area (Å²) >= 11 is 0. The lowest BCUT2D eigenvalue weighted by Gasteiger charge is -2.08. The molecule has 0 nitrogen and oxygen atoms in total. The maximum atomic E-state index is 2.46. The Bertz CT molecular complexity index is 98.0. The summed E-state index contributed by atoms with van der Waals surface area (Å²) in [6.45, 7) is 11.8. The highest BCUT2D eigenvalue weighted by molar-refractivity contribution is 6.82. The molecule has 0 bridgehead atoms. The predicted octanol–water partition coefficient (Wildman–Crippen LogP) is 2.45. The monoisotopic (exact) mass is 158 g/mol. The van der Waals surface area contributed by atoms with Crippen LogP contribution in [0, 0.1) is 0 Å². The minimum absolute atomic E-state index is 0.416. The van der Waals surface area contributed by atoms with Crippen molar-refractivity contribution in [2.45, 2.75) is 32.7 Å². The third-order valence-corrected chi connectivity index (χ3v) is 3.52. The molecule has 0 heterocycles. The van der Waals surface area contributed by atoms with E-state index in [0.717, 1.165) is 0 Å². The fourth-order valence-corrected chi connectivity index (χ4v) is 4.33.